The minimum atomic E-state index is -0.376. The minimum Gasteiger partial charge on any atom is -0.383 e. The Bertz CT molecular complexity index is 721. The van der Waals surface area contributed by atoms with Gasteiger partial charge in [0.05, 0.1) is 12.6 Å². The van der Waals surface area contributed by atoms with E-state index in [1.807, 2.05) is 35.9 Å². The molecular formula is C15H18ClN5O2S. The number of ether oxygens (including phenoxy) is 1. The number of aryl methyl sites for hydroxylation is 1. The fourth-order valence-electron chi connectivity index (χ4n) is 2.46. The van der Waals surface area contributed by atoms with Gasteiger partial charge in [0.15, 0.2) is 0 Å². The van der Waals surface area contributed by atoms with E-state index >= 15 is 0 Å². The van der Waals surface area contributed by atoms with Gasteiger partial charge in [-0.3, -0.25) is 4.79 Å². The molecule has 3 rings (SSSR count). The number of thioether (sulfide) groups is 1. The predicted molar refractivity (Wildman–Crippen MR) is 92.8 cm³/mol. The molecular weight excluding hydrogens is 350 g/mol. The van der Waals surface area contributed by atoms with E-state index in [-0.39, 0.29) is 17.2 Å². The first-order valence-electron chi connectivity index (χ1n) is 7.47. The normalized spacial score (nSPS) is 19.5. The Labute approximate surface area is 149 Å². The number of hydrogen-bond acceptors (Lipinski definition) is 6. The number of aromatic nitrogens is 3. The van der Waals surface area contributed by atoms with Crippen molar-refractivity contribution in [3.8, 4) is 0 Å². The van der Waals surface area contributed by atoms with E-state index < -0.39 is 0 Å². The number of carbonyl (C=O) groups excluding carboxylic acids is 1. The van der Waals surface area contributed by atoms with E-state index in [1.165, 1.54) is 11.8 Å². The zero-order valence-electron chi connectivity index (χ0n) is 13.3. The van der Waals surface area contributed by atoms with Crippen molar-refractivity contribution in [2.45, 2.75) is 23.4 Å². The van der Waals surface area contributed by atoms with Crippen molar-refractivity contribution in [1.82, 2.24) is 20.2 Å². The smallest absolute Gasteiger partial charge is 0.236 e. The molecule has 2 N–H and O–H groups in total. The molecule has 0 saturated carbocycles. The monoisotopic (exact) mass is 367 g/mol. The molecule has 7 nitrogen and oxygen atoms in total. The molecule has 2 unspecified atom stereocenters. The average Bonchev–Trinajstić information content (AvgIpc) is 2.95. The number of nitrogens with one attached hydrogen (secondary N) is 2. The summed E-state index contributed by atoms with van der Waals surface area (Å²) in [5.41, 5.74) is 4.31. The highest BCUT2D eigenvalue weighted by atomic mass is 35.5. The van der Waals surface area contributed by atoms with Gasteiger partial charge in [-0.05, 0) is 24.6 Å². The summed E-state index contributed by atoms with van der Waals surface area (Å²) in [6.07, 6.45) is 0. The fourth-order valence-corrected chi connectivity index (χ4v) is 3.73. The summed E-state index contributed by atoms with van der Waals surface area (Å²) in [5, 5.41) is 12.0. The summed E-state index contributed by atoms with van der Waals surface area (Å²) in [6.45, 7) is 2.80. The van der Waals surface area contributed by atoms with Gasteiger partial charge < -0.3 is 15.5 Å². The van der Waals surface area contributed by atoms with Crippen LogP contribution in [0, 0.1) is 6.92 Å². The van der Waals surface area contributed by atoms with Gasteiger partial charge in [-0.25, -0.2) is 4.68 Å². The summed E-state index contributed by atoms with van der Waals surface area (Å²) in [6, 6.07) is 7.24. The van der Waals surface area contributed by atoms with Crippen LogP contribution in [0.15, 0.2) is 29.4 Å². The van der Waals surface area contributed by atoms with Gasteiger partial charge in [-0.2, -0.15) is 0 Å². The van der Waals surface area contributed by atoms with Crippen molar-refractivity contribution in [2.75, 3.05) is 25.7 Å². The fraction of sp³-hybridized carbons (Fsp3) is 0.400. The second-order valence-corrected chi connectivity index (χ2v) is 6.89. The molecule has 0 bridgehead atoms. The SMILES string of the molecule is COCCNC(=O)C1Sc2nnc(C)n2NC1c1ccc(Cl)cc1. The molecule has 9 heteroatoms. The van der Waals surface area contributed by atoms with E-state index in [4.69, 9.17) is 16.3 Å². The molecule has 0 saturated heterocycles. The highest BCUT2D eigenvalue weighted by Gasteiger charge is 2.37. The van der Waals surface area contributed by atoms with Crippen LogP contribution in [0.25, 0.3) is 0 Å². The topological polar surface area (TPSA) is 81.1 Å². The van der Waals surface area contributed by atoms with Gasteiger partial charge in [0.25, 0.3) is 0 Å². The average molecular weight is 368 g/mol. The number of hydrogen-bond donors (Lipinski definition) is 2. The number of carbonyl (C=O) groups is 1. The van der Waals surface area contributed by atoms with E-state index in [0.717, 1.165) is 11.4 Å². The van der Waals surface area contributed by atoms with Gasteiger partial charge in [-0.1, -0.05) is 35.5 Å². The molecule has 1 aliphatic rings. The molecule has 128 valence electrons. The Kier molecular flexibility index (Phi) is 5.27. The maximum Gasteiger partial charge on any atom is 0.236 e. The summed E-state index contributed by atoms with van der Waals surface area (Å²) in [4.78, 5) is 12.6. The van der Waals surface area contributed by atoms with Gasteiger partial charge in [-0.15, -0.1) is 10.2 Å². The molecule has 2 heterocycles. The quantitative estimate of drug-likeness (QED) is 0.784. The molecule has 0 spiro atoms. The first-order valence-corrected chi connectivity index (χ1v) is 8.73. The second kappa shape index (κ2) is 7.42. The molecule has 0 fully saturated rings. The van der Waals surface area contributed by atoms with Crippen molar-refractivity contribution >= 4 is 29.3 Å². The number of rotatable bonds is 5. The number of amides is 1. The number of fused-ring (bicyclic) bond motifs is 1. The Balaban J connectivity index is 1.87. The van der Waals surface area contributed by atoms with E-state index in [0.29, 0.717) is 23.3 Å². The first-order chi connectivity index (χ1) is 11.6. The number of methoxy groups -OCH3 is 1. The van der Waals surface area contributed by atoms with E-state index in [9.17, 15) is 4.79 Å². The Morgan fingerprint density at radius 3 is 2.88 bits per heavy atom. The molecule has 0 radical (unpaired) electrons. The van der Waals surface area contributed by atoms with Gasteiger partial charge >= 0.3 is 0 Å². The summed E-state index contributed by atoms with van der Waals surface area (Å²) >= 11 is 7.37. The number of benzene rings is 1. The minimum absolute atomic E-state index is 0.0728. The van der Waals surface area contributed by atoms with Crippen molar-refractivity contribution < 1.29 is 9.53 Å². The lowest BCUT2D eigenvalue weighted by Gasteiger charge is -2.32. The molecule has 2 aromatic rings. The largest absolute Gasteiger partial charge is 0.383 e. The van der Waals surface area contributed by atoms with Crippen molar-refractivity contribution in [1.29, 1.82) is 0 Å². The molecule has 2 atom stereocenters. The molecule has 1 aromatic heterocycles. The van der Waals surface area contributed by atoms with Gasteiger partial charge in [0.2, 0.25) is 11.1 Å². The maximum atomic E-state index is 12.6. The predicted octanol–water partition coefficient (Wildman–Crippen LogP) is 1.76. The van der Waals surface area contributed by atoms with Crippen LogP contribution in [-0.4, -0.2) is 46.3 Å². The van der Waals surface area contributed by atoms with Crippen molar-refractivity contribution in [3.05, 3.63) is 40.7 Å². The standard InChI is InChI=1S/C15H18ClN5O2S/c1-9-18-19-15-21(9)20-12(10-3-5-11(16)6-4-10)13(24-15)14(22)17-7-8-23-2/h3-6,12-13,20H,7-8H2,1-2H3,(H,17,22). The first kappa shape index (κ1) is 17.1. The highest BCUT2D eigenvalue weighted by molar-refractivity contribution is 8.00. The molecule has 1 aliphatic heterocycles. The summed E-state index contributed by atoms with van der Waals surface area (Å²) < 4.78 is 6.79. The van der Waals surface area contributed by atoms with Crippen LogP contribution in [-0.2, 0) is 9.53 Å². The maximum absolute atomic E-state index is 12.6. The zero-order valence-corrected chi connectivity index (χ0v) is 14.9. The zero-order chi connectivity index (χ0) is 17.1. The molecule has 24 heavy (non-hydrogen) atoms. The van der Waals surface area contributed by atoms with Crippen LogP contribution < -0.4 is 10.7 Å². The van der Waals surface area contributed by atoms with Crippen molar-refractivity contribution in [2.24, 2.45) is 0 Å². The Hall–Kier alpha value is -1.77. The lowest BCUT2D eigenvalue weighted by atomic mass is 10.0. The summed E-state index contributed by atoms with van der Waals surface area (Å²) in [7, 11) is 1.60. The van der Waals surface area contributed by atoms with Gasteiger partial charge in [0, 0.05) is 18.7 Å². The van der Waals surface area contributed by atoms with E-state index in [1.54, 1.807) is 7.11 Å². The molecule has 1 aromatic carbocycles. The molecule has 1 amide bonds. The summed E-state index contributed by atoms with van der Waals surface area (Å²) in [5.74, 6) is 0.672. The highest BCUT2D eigenvalue weighted by Crippen LogP contribution is 2.37. The van der Waals surface area contributed by atoms with Crippen LogP contribution in [0.5, 0.6) is 0 Å². The van der Waals surface area contributed by atoms with Crippen LogP contribution in [0.2, 0.25) is 5.02 Å². The van der Waals surface area contributed by atoms with Crippen LogP contribution >= 0.6 is 23.4 Å². The van der Waals surface area contributed by atoms with Crippen LogP contribution in [0.4, 0.5) is 0 Å². The second-order valence-electron chi connectivity index (χ2n) is 5.35. The Morgan fingerprint density at radius 1 is 1.42 bits per heavy atom. The van der Waals surface area contributed by atoms with Crippen molar-refractivity contribution in [3.63, 3.8) is 0 Å². The third-order valence-electron chi connectivity index (χ3n) is 3.69. The third kappa shape index (κ3) is 3.50. The van der Waals surface area contributed by atoms with Crippen LogP contribution in [0.3, 0.4) is 0 Å². The van der Waals surface area contributed by atoms with Gasteiger partial charge in [0.1, 0.15) is 11.1 Å². The number of nitrogens with zero attached hydrogens (tertiary/aromatic N) is 3. The lowest BCUT2D eigenvalue weighted by Crippen LogP contribution is -2.44. The molecule has 0 aliphatic carbocycles. The Morgan fingerprint density at radius 2 is 2.17 bits per heavy atom. The lowest BCUT2D eigenvalue weighted by molar-refractivity contribution is -0.121. The third-order valence-corrected chi connectivity index (χ3v) is 5.16. The van der Waals surface area contributed by atoms with E-state index in [2.05, 4.69) is 20.9 Å². The van der Waals surface area contributed by atoms with Crippen LogP contribution in [0.1, 0.15) is 17.4 Å². The number of halogens is 1.